The Kier molecular flexibility index (Phi) is 4.12. The second-order valence-electron chi connectivity index (χ2n) is 5.86. The highest BCUT2D eigenvalue weighted by atomic mass is 32.1. The van der Waals surface area contributed by atoms with Crippen molar-refractivity contribution >= 4 is 33.0 Å². The SMILES string of the molecule is CN1CCC(CNC(=O)c2cc3cc(N)ccc3s2)CC1. The van der Waals surface area contributed by atoms with Gasteiger partial charge >= 0.3 is 0 Å². The first kappa shape index (κ1) is 14.4. The summed E-state index contributed by atoms with van der Waals surface area (Å²) in [4.78, 5) is 15.4. The number of benzene rings is 1. The maximum atomic E-state index is 12.3. The predicted molar refractivity (Wildman–Crippen MR) is 88.8 cm³/mol. The third-order valence-electron chi connectivity index (χ3n) is 4.15. The minimum atomic E-state index is 0.0358. The average Bonchev–Trinajstić information content (AvgIpc) is 2.89. The monoisotopic (exact) mass is 303 g/mol. The summed E-state index contributed by atoms with van der Waals surface area (Å²) >= 11 is 1.53. The lowest BCUT2D eigenvalue weighted by atomic mass is 9.97. The normalized spacial score (nSPS) is 17.2. The van der Waals surface area contributed by atoms with E-state index in [2.05, 4.69) is 17.3 Å². The van der Waals surface area contributed by atoms with E-state index in [1.165, 1.54) is 24.2 Å². The van der Waals surface area contributed by atoms with Gasteiger partial charge in [0.1, 0.15) is 0 Å². The fourth-order valence-electron chi connectivity index (χ4n) is 2.76. The average molecular weight is 303 g/mol. The van der Waals surface area contributed by atoms with Gasteiger partial charge in [0, 0.05) is 16.9 Å². The van der Waals surface area contributed by atoms with Gasteiger partial charge in [-0.15, -0.1) is 11.3 Å². The number of thiophene rings is 1. The third kappa shape index (κ3) is 3.36. The Morgan fingerprint density at radius 3 is 2.90 bits per heavy atom. The smallest absolute Gasteiger partial charge is 0.261 e. The Bertz CT molecular complexity index is 644. The van der Waals surface area contributed by atoms with Crippen LogP contribution in [0.3, 0.4) is 0 Å². The molecule has 5 heteroatoms. The zero-order chi connectivity index (χ0) is 14.8. The second-order valence-corrected chi connectivity index (χ2v) is 6.95. The van der Waals surface area contributed by atoms with Gasteiger partial charge < -0.3 is 16.0 Å². The van der Waals surface area contributed by atoms with Crippen LogP contribution in [-0.2, 0) is 0 Å². The van der Waals surface area contributed by atoms with Gasteiger partial charge in [0.2, 0.25) is 0 Å². The van der Waals surface area contributed by atoms with Crippen molar-refractivity contribution in [1.29, 1.82) is 0 Å². The van der Waals surface area contributed by atoms with Gasteiger partial charge in [-0.1, -0.05) is 0 Å². The van der Waals surface area contributed by atoms with Gasteiger partial charge in [-0.25, -0.2) is 0 Å². The molecule has 1 fully saturated rings. The van der Waals surface area contributed by atoms with E-state index >= 15 is 0 Å². The molecule has 1 aliphatic heterocycles. The molecule has 0 radical (unpaired) electrons. The molecule has 0 saturated carbocycles. The molecule has 2 aromatic rings. The van der Waals surface area contributed by atoms with Crippen LogP contribution in [-0.4, -0.2) is 37.5 Å². The van der Waals surface area contributed by atoms with Crippen LogP contribution >= 0.6 is 11.3 Å². The molecule has 0 spiro atoms. The Balaban J connectivity index is 1.61. The molecule has 112 valence electrons. The highest BCUT2D eigenvalue weighted by Crippen LogP contribution is 2.27. The molecular weight excluding hydrogens is 282 g/mol. The molecule has 1 amide bonds. The molecule has 1 aromatic carbocycles. The van der Waals surface area contributed by atoms with E-state index in [1.54, 1.807) is 0 Å². The molecule has 0 atom stereocenters. The molecule has 1 saturated heterocycles. The molecule has 0 unspecified atom stereocenters. The summed E-state index contributed by atoms with van der Waals surface area (Å²) in [5, 5.41) is 4.13. The Morgan fingerprint density at radius 1 is 1.38 bits per heavy atom. The van der Waals surface area contributed by atoms with Crippen molar-refractivity contribution in [1.82, 2.24) is 10.2 Å². The zero-order valence-corrected chi connectivity index (χ0v) is 13.1. The van der Waals surface area contributed by atoms with E-state index in [4.69, 9.17) is 5.73 Å². The van der Waals surface area contributed by atoms with Gasteiger partial charge in [0.25, 0.3) is 5.91 Å². The van der Waals surface area contributed by atoms with Crippen molar-refractivity contribution in [3.05, 3.63) is 29.1 Å². The number of amides is 1. The number of likely N-dealkylation sites (tertiary alicyclic amines) is 1. The molecule has 2 heterocycles. The lowest BCUT2D eigenvalue weighted by molar-refractivity contribution is 0.0943. The Hall–Kier alpha value is -1.59. The second kappa shape index (κ2) is 6.03. The van der Waals surface area contributed by atoms with Crippen molar-refractivity contribution in [2.45, 2.75) is 12.8 Å². The van der Waals surface area contributed by atoms with Gasteiger partial charge in [-0.3, -0.25) is 4.79 Å². The summed E-state index contributed by atoms with van der Waals surface area (Å²) < 4.78 is 1.11. The molecular formula is C16H21N3OS. The zero-order valence-electron chi connectivity index (χ0n) is 12.3. The molecule has 3 rings (SSSR count). The number of nitrogens with one attached hydrogen (secondary N) is 1. The number of carbonyl (C=O) groups excluding carboxylic acids is 1. The fraction of sp³-hybridized carbons (Fsp3) is 0.438. The van der Waals surface area contributed by atoms with Gasteiger partial charge in [0.05, 0.1) is 4.88 Å². The minimum Gasteiger partial charge on any atom is -0.399 e. The number of nitrogens with zero attached hydrogens (tertiary/aromatic N) is 1. The largest absolute Gasteiger partial charge is 0.399 e. The molecule has 0 bridgehead atoms. The Labute approximate surface area is 128 Å². The van der Waals surface area contributed by atoms with Crippen LogP contribution < -0.4 is 11.1 Å². The molecule has 0 aliphatic carbocycles. The number of nitrogens with two attached hydrogens (primary N) is 1. The van der Waals surface area contributed by atoms with Crippen molar-refractivity contribution in [3.63, 3.8) is 0 Å². The highest BCUT2D eigenvalue weighted by molar-refractivity contribution is 7.20. The predicted octanol–water partition coefficient (Wildman–Crippen LogP) is 2.56. The summed E-state index contributed by atoms with van der Waals surface area (Å²) in [5.74, 6) is 0.642. The number of hydrogen-bond acceptors (Lipinski definition) is 4. The minimum absolute atomic E-state index is 0.0358. The molecule has 1 aliphatic rings. The van der Waals surface area contributed by atoms with Crippen LogP contribution in [0.5, 0.6) is 0 Å². The van der Waals surface area contributed by atoms with Gasteiger partial charge in [0.15, 0.2) is 0 Å². The number of hydrogen-bond donors (Lipinski definition) is 2. The summed E-state index contributed by atoms with van der Waals surface area (Å²) in [6.07, 6.45) is 2.33. The number of anilines is 1. The van der Waals surface area contributed by atoms with Gasteiger partial charge in [-0.2, -0.15) is 0 Å². The number of fused-ring (bicyclic) bond motifs is 1. The lowest BCUT2D eigenvalue weighted by Gasteiger charge is -2.28. The van der Waals surface area contributed by atoms with Crippen LogP contribution in [0.15, 0.2) is 24.3 Å². The highest BCUT2D eigenvalue weighted by Gasteiger charge is 2.18. The quantitative estimate of drug-likeness (QED) is 0.857. The molecule has 21 heavy (non-hydrogen) atoms. The maximum absolute atomic E-state index is 12.3. The first-order valence-electron chi connectivity index (χ1n) is 7.37. The summed E-state index contributed by atoms with van der Waals surface area (Å²) in [7, 11) is 2.15. The van der Waals surface area contributed by atoms with Crippen molar-refractivity contribution in [3.8, 4) is 0 Å². The number of piperidine rings is 1. The topological polar surface area (TPSA) is 58.4 Å². The van der Waals surface area contributed by atoms with Crippen LogP contribution in [0, 0.1) is 5.92 Å². The first-order chi connectivity index (χ1) is 10.1. The Morgan fingerprint density at radius 2 is 2.14 bits per heavy atom. The van der Waals surface area contributed by atoms with Crippen LogP contribution in [0.4, 0.5) is 5.69 Å². The molecule has 3 N–H and O–H groups in total. The van der Waals surface area contributed by atoms with Crippen molar-refractivity contribution in [2.75, 3.05) is 32.4 Å². The van der Waals surface area contributed by atoms with E-state index in [9.17, 15) is 4.79 Å². The van der Waals surface area contributed by atoms with Crippen LogP contribution in [0.2, 0.25) is 0 Å². The number of rotatable bonds is 3. The maximum Gasteiger partial charge on any atom is 0.261 e. The van der Waals surface area contributed by atoms with E-state index < -0.39 is 0 Å². The van der Waals surface area contributed by atoms with E-state index in [0.717, 1.165) is 40.3 Å². The molecule has 4 nitrogen and oxygen atoms in total. The van der Waals surface area contributed by atoms with E-state index in [1.807, 2.05) is 24.3 Å². The number of nitrogen functional groups attached to an aromatic ring is 1. The van der Waals surface area contributed by atoms with Crippen molar-refractivity contribution in [2.24, 2.45) is 5.92 Å². The van der Waals surface area contributed by atoms with E-state index in [0.29, 0.717) is 5.92 Å². The van der Waals surface area contributed by atoms with Crippen LogP contribution in [0.25, 0.3) is 10.1 Å². The van der Waals surface area contributed by atoms with Crippen LogP contribution in [0.1, 0.15) is 22.5 Å². The summed E-state index contributed by atoms with van der Waals surface area (Å²) in [6, 6.07) is 7.70. The van der Waals surface area contributed by atoms with Gasteiger partial charge in [-0.05, 0) is 68.5 Å². The third-order valence-corrected chi connectivity index (χ3v) is 5.27. The lowest BCUT2D eigenvalue weighted by Crippen LogP contribution is -2.36. The summed E-state index contributed by atoms with van der Waals surface area (Å²) in [6.45, 7) is 3.04. The van der Waals surface area contributed by atoms with E-state index in [-0.39, 0.29) is 5.91 Å². The fourth-order valence-corrected chi connectivity index (χ4v) is 3.72. The first-order valence-corrected chi connectivity index (χ1v) is 8.19. The molecule has 1 aromatic heterocycles. The van der Waals surface area contributed by atoms with Crippen molar-refractivity contribution < 1.29 is 4.79 Å². The summed E-state index contributed by atoms with van der Waals surface area (Å²) in [5.41, 5.74) is 6.51. The number of carbonyl (C=O) groups is 1. The standard InChI is InChI=1S/C16H21N3OS/c1-19-6-4-11(5-7-19)10-18-16(20)15-9-12-8-13(17)2-3-14(12)21-15/h2-3,8-9,11H,4-7,10,17H2,1H3,(H,18,20).